The monoisotopic (exact) mass is 335 g/mol. The number of aromatic nitrogens is 2. The second-order valence-electron chi connectivity index (χ2n) is 5.93. The maximum absolute atomic E-state index is 12.8. The van der Waals surface area contributed by atoms with E-state index in [1.807, 2.05) is 47.4 Å². The minimum absolute atomic E-state index is 0.125. The zero-order valence-corrected chi connectivity index (χ0v) is 14.2. The summed E-state index contributed by atoms with van der Waals surface area (Å²) in [6.07, 6.45) is 2.48. The van der Waals surface area contributed by atoms with Crippen LogP contribution in [0.2, 0.25) is 0 Å². The van der Waals surface area contributed by atoms with Gasteiger partial charge in [0, 0.05) is 17.1 Å². The molecule has 0 saturated heterocycles. The van der Waals surface area contributed by atoms with E-state index in [0.29, 0.717) is 5.75 Å². The Bertz CT molecular complexity index is 907. The van der Waals surface area contributed by atoms with Crippen molar-refractivity contribution in [3.63, 3.8) is 0 Å². The fourth-order valence-corrected chi connectivity index (χ4v) is 4.09. The molecule has 1 unspecified atom stereocenters. The number of rotatable bonds is 3. The number of carbonyl (C=O) groups excluding carboxylic acids is 1. The minimum Gasteiger partial charge on any atom is -0.308 e. The first-order valence-corrected chi connectivity index (χ1v) is 8.95. The lowest BCUT2D eigenvalue weighted by Gasteiger charge is -2.22. The molecule has 24 heavy (non-hydrogen) atoms. The number of anilines is 1. The Labute approximate surface area is 144 Å². The minimum atomic E-state index is 0.125. The summed E-state index contributed by atoms with van der Waals surface area (Å²) in [4.78, 5) is 23.3. The highest BCUT2D eigenvalue weighted by molar-refractivity contribution is 8.00. The first-order valence-electron chi connectivity index (χ1n) is 7.96. The predicted molar refractivity (Wildman–Crippen MR) is 97.4 cm³/mol. The number of hydrogen-bond acceptors (Lipinski definition) is 4. The topological polar surface area (TPSA) is 46.1 Å². The molecule has 0 aliphatic carbocycles. The van der Waals surface area contributed by atoms with Gasteiger partial charge in [0.25, 0.3) is 0 Å². The van der Waals surface area contributed by atoms with Crippen LogP contribution >= 0.6 is 11.8 Å². The highest BCUT2D eigenvalue weighted by Crippen LogP contribution is 2.33. The van der Waals surface area contributed by atoms with Crippen molar-refractivity contribution < 1.29 is 4.79 Å². The van der Waals surface area contributed by atoms with Crippen molar-refractivity contribution in [2.75, 3.05) is 10.7 Å². The molecule has 5 heteroatoms. The first kappa shape index (κ1) is 15.1. The molecule has 1 aromatic heterocycles. The summed E-state index contributed by atoms with van der Waals surface area (Å²) in [6.45, 7) is 2.10. The van der Waals surface area contributed by atoms with Gasteiger partial charge in [0.1, 0.15) is 11.4 Å². The fraction of sp³-hybridized carbons (Fsp3) is 0.211. The summed E-state index contributed by atoms with van der Waals surface area (Å²) in [5.74, 6) is 0.500. The average molecular weight is 335 g/mol. The van der Waals surface area contributed by atoms with Crippen LogP contribution in [0.4, 0.5) is 5.69 Å². The van der Waals surface area contributed by atoms with E-state index in [2.05, 4.69) is 23.0 Å². The van der Waals surface area contributed by atoms with Crippen molar-refractivity contribution in [1.82, 2.24) is 9.97 Å². The van der Waals surface area contributed by atoms with E-state index in [4.69, 9.17) is 0 Å². The molecule has 0 spiro atoms. The van der Waals surface area contributed by atoms with E-state index in [9.17, 15) is 4.79 Å². The number of carbonyl (C=O) groups is 1. The second kappa shape index (κ2) is 6.24. The quantitative estimate of drug-likeness (QED) is 0.541. The summed E-state index contributed by atoms with van der Waals surface area (Å²) >= 11 is 1.48. The number of amides is 1. The molecule has 0 saturated carbocycles. The van der Waals surface area contributed by atoms with E-state index < -0.39 is 0 Å². The number of benzene rings is 2. The van der Waals surface area contributed by atoms with Gasteiger partial charge in [-0.3, -0.25) is 4.79 Å². The molecule has 1 atom stereocenters. The molecule has 0 N–H and O–H groups in total. The van der Waals surface area contributed by atoms with Crippen LogP contribution in [0.5, 0.6) is 0 Å². The van der Waals surface area contributed by atoms with Crippen molar-refractivity contribution >= 4 is 34.3 Å². The highest BCUT2D eigenvalue weighted by atomic mass is 32.2. The molecular formula is C19H17N3OS. The molecule has 0 radical (unpaired) electrons. The van der Waals surface area contributed by atoms with E-state index in [0.717, 1.165) is 28.0 Å². The van der Waals surface area contributed by atoms with Gasteiger partial charge in [-0.15, -0.1) is 0 Å². The Kier molecular flexibility index (Phi) is 3.94. The van der Waals surface area contributed by atoms with Gasteiger partial charge in [-0.05, 0) is 31.0 Å². The maximum atomic E-state index is 12.8. The van der Waals surface area contributed by atoms with Gasteiger partial charge in [0.2, 0.25) is 5.91 Å². The van der Waals surface area contributed by atoms with Crippen molar-refractivity contribution in [2.24, 2.45) is 0 Å². The molecule has 1 aliphatic rings. The van der Waals surface area contributed by atoms with Gasteiger partial charge < -0.3 is 4.90 Å². The summed E-state index contributed by atoms with van der Waals surface area (Å²) in [6, 6.07) is 16.2. The second-order valence-corrected chi connectivity index (χ2v) is 6.89. The average Bonchev–Trinajstić information content (AvgIpc) is 2.95. The third kappa shape index (κ3) is 2.65. The summed E-state index contributed by atoms with van der Waals surface area (Å²) in [5, 5.41) is 1.85. The van der Waals surface area contributed by atoms with Gasteiger partial charge in [-0.1, -0.05) is 48.2 Å². The van der Waals surface area contributed by atoms with E-state index >= 15 is 0 Å². The molecule has 1 amide bonds. The fourth-order valence-electron chi connectivity index (χ4n) is 3.24. The maximum Gasteiger partial charge on any atom is 0.237 e. The smallest absolute Gasteiger partial charge is 0.237 e. The molecule has 0 fully saturated rings. The molecule has 0 bridgehead atoms. The lowest BCUT2D eigenvalue weighted by atomic mass is 10.1. The number of hydrogen-bond donors (Lipinski definition) is 0. The number of para-hydroxylation sites is 2. The molecule has 2 aromatic carbocycles. The van der Waals surface area contributed by atoms with Gasteiger partial charge in [-0.2, -0.15) is 0 Å². The Balaban J connectivity index is 1.55. The Hall–Kier alpha value is -2.40. The van der Waals surface area contributed by atoms with Crippen LogP contribution in [0.25, 0.3) is 10.9 Å². The number of thioether (sulfide) groups is 1. The zero-order chi connectivity index (χ0) is 16.5. The molecule has 4 nitrogen and oxygen atoms in total. The third-order valence-corrected chi connectivity index (χ3v) is 5.30. The van der Waals surface area contributed by atoms with Crippen LogP contribution < -0.4 is 4.90 Å². The lowest BCUT2D eigenvalue weighted by molar-refractivity contribution is -0.116. The molecular weight excluding hydrogens is 318 g/mol. The van der Waals surface area contributed by atoms with Crippen LogP contribution in [-0.2, 0) is 11.2 Å². The number of nitrogens with zero attached hydrogens (tertiary/aromatic N) is 3. The van der Waals surface area contributed by atoms with Crippen molar-refractivity contribution in [1.29, 1.82) is 0 Å². The van der Waals surface area contributed by atoms with Gasteiger partial charge >= 0.3 is 0 Å². The SMILES string of the molecule is CC1Cc2ccccc2N1C(=O)CSc1ncnc2ccccc12. The molecule has 1 aliphatic heterocycles. The predicted octanol–water partition coefficient (Wildman–Crippen LogP) is 3.70. The van der Waals surface area contributed by atoms with Gasteiger partial charge in [-0.25, -0.2) is 9.97 Å². The molecule has 3 aromatic rings. The van der Waals surface area contributed by atoms with Gasteiger partial charge in [0.15, 0.2) is 0 Å². The third-order valence-electron chi connectivity index (χ3n) is 4.31. The summed E-state index contributed by atoms with van der Waals surface area (Å²) in [5.41, 5.74) is 3.20. The van der Waals surface area contributed by atoms with Crippen LogP contribution in [-0.4, -0.2) is 27.7 Å². The van der Waals surface area contributed by atoms with E-state index in [1.54, 1.807) is 6.33 Å². The Morgan fingerprint density at radius 1 is 1.17 bits per heavy atom. The Morgan fingerprint density at radius 2 is 1.96 bits per heavy atom. The van der Waals surface area contributed by atoms with Crippen molar-refractivity contribution in [3.05, 3.63) is 60.4 Å². The molecule has 2 heterocycles. The van der Waals surface area contributed by atoms with Crippen molar-refractivity contribution in [2.45, 2.75) is 24.4 Å². The van der Waals surface area contributed by atoms with Crippen molar-refractivity contribution in [3.8, 4) is 0 Å². The molecule has 4 rings (SSSR count). The standard InChI is InChI=1S/C19H17N3OS/c1-13-10-14-6-2-5-9-17(14)22(13)18(23)11-24-19-15-7-3-4-8-16(15)20-12-21-19/h2-9,12-13H,10-11H2,1H3. The van der Waals surface area contributed by atoms with Crippen LogP contribution in [0, 0.1) is 0 Å². The summed E-state index contributed by atoms with van der Waals surface area (Å²) in [7, 11) is 0. The number of fused-ring (bicyclic) bond motifs is 2. The first-order chi connectivity index (χ1) is 11.7. The zero-order valence-electron chi connectivity index (χ0n) is 13.3. The molecule has 120 valence electrons. The summed E-state index contributed by atoms with van der Waals surface area (Å²) < 4.78 is 0. The normalized spacial score (nSPS) is 16.4. The largest absolute Gasteiger partial charge is 0.308 e. The van der Waals surface area contributed by atoms with Crippen LogP contribution in [0.15, 0.2) is 59.9 Å². The van der Waals surface area contributed by atoms with E-state index in [1.165, 1.54) is 17.3 Å². The highest BCUT2D eigenvalue weighted by Gasteiger charge is 2.30. The van der Waals surface area contributed by atoms with E-state index in [-0.39, 0.29) is 11.9 Å². The van der Waals surface area contributed by atoms with Gasteiger partial charge in [0.05, 0.1) is 11.3 Å². The lowest BCUT2D eigenvalue weighted by Crippen LogP contribution is -2.36. The van der Waals surface area contributed by atoms with Crippen LogP contribution in [0.3, 0.4) is 0 Å². The Morgan fingerprint density at radius 3 is 2.88 bits per heavy atom. The van der Waals surface area contributed by atoms with Crippen LogP contribution in [0.1, 0.15) is 12.5 Å².